The van der Waals surface area contributed by atoms with E-state index in [1.165, 1.54) is 0 Å². The molecule has 0 fully saturated rings. The predicted octanol–water partition coefficient (Wildman–Crippen LogP) is 1.95. The van der Waals surface area contributed by atoms with E-state index >= 15 is 0 Å². The molecule has 2 rings (SSSR count). The highest BCUT2D eigenvalue weighted by atomic mass is 16.5. The number of aromatic nitrogens is 1. The van der Waals surface area contributed by atoms with Crippen LogP contribution >= 0.6 is 0 Å². The van der Waals surface area contributed by atoms with Crippen LogP contribution in [0.3, 0.4) is 0 Å². The molecule has 0 saturated heterocycles. The van der Waals surface area contributed by atoms with E-state index in [1.807, 2.05) is 6.07 Å². The molecule has 118 valence electrons. The maximum atomic E-state index is 11.6. The van der Waals surface area contributed by atoms with Crippen LogP contribution in [0, 0.1) is 0 Å². The predicted molar refractivity (Wildman–Crippen MR) is 83.1 cm³/mol. The van der Waals surface area contributed by atoms with Gasteiger partial charge in [-0.2, -0.15) is 0 Å². The molecule has 1 aromatic heterocycles. The number of rotatable bonds is 8. The quantitative estimate of drug-likeness (QED) is 0.650. The number of carboxylic acids is 1. The summed E-state index contributed by atoms with van der Waals surface area (Å²) in [7, 11) is 1.60. The smallest absolute Gasteiger partial charge is 0.335 e. The third kappa shape index (κ3) is 4.33. The first-order valence-electron chi connectivity index (χ1n) is 7.20. The van der Waals surface area contributed by atoms with E-state index in [4.69, 9.17) is 9.84 Å². The molecule has 0 aliphatic heterocycles. The van der Waals surface area contributed by atoms with E-state index in [1.54, 1.807) is 25.3 Å². The second-order valence-electron chi connectivity index (χ2n) is 5.10. The summed E-state index contributed by atoms with van der Waals surface area (Å²) in [6, 6.07) is 6.92. The van der Waals surface area contributed by atoms with Crippen LogP contribution in [0.1, 0.15) is 28.9 Å². The highest BCUT2D eigenvalue weighted by Gasteiger charge is 2.07. The molecule has 0 radical (unpaired) electrons. The van der Waals surface area contributed by atoms with Crippen molar-refractivity contribution in [3.63, 3.8) is 0 Å². The van der Waals surface area contributed by atoms with Crippen molar-refractivity contribution >= 4 is 22.8 Å². The van der Waals surface area contributed by atoms with Gasteiger partial charge in [0, 0.05) is 36.7 Å². The molecular formula is C16H20N2O4. The standard InChI is InChI=1S/C16H20N2O4/c1-22-8-7-17-15(19)4-2-3-13-10-12-9-11(16(20)21)5-6-14(12)18-13/h5-6,9-10,18H,2-4,7-8H2,1H3,(H,17,19)(H,20,21). The number of nitrogens with one attached hydrogen (secondary N) is 2. The van der Waals surface area contributed by atoms with Crippen molar-refractivity contribution in [1.29, 1.82) is 0 Å². The molecule has 0 atom stereocenters. The summed E-state index contributed by atoms with van der Waals surface area (Å²) in [5.74, 6) is -0.918. The fourth-order valence-corrected chi connectivity index (χ4v) is 2.28. The van der Waals surface area contributed by atoms with Crippen molar-refractivity contribution in [2.24, 2.45) is 0 Å². The van der Waals surface area contributed by atoms with Crippen LogP contribution in [0.4, 0.5) is 0 Å². The molecule has 2 aromatic rings. The number of benzene rings is 1. The lowest BCUT2D eigenvalue weighted by atomic mass is 10.1. The Morgan fingerprint density at radius 2 is 2.14 bits per heavy atom. The summed E-state index contributed by atoms with van der Waals surface area (Å²) >= 11 is 0. The van der Waals surface area contributed by atoms with Gasteiger partial charge in [-0.15, -0.1) is 0 Å². The van der Waals surface area contributed by atoms with Gasteiger partial charge in [0.2, 0.25) is 5.91 Å². The summed E-state index contributed by atoms with van der Waals surface area (Å²) in [4.78, 5) is 25.7. The van der Waals surface area contributed by atoms with Gasteiger partial charge in [0.25, 0.3) is 0 Å². The number of carbonyl (C=O) groups is 2. The van der Waals surface area contributed by atoms with Crippen LogP contribution in [0.2, 0.25) is 0 Å². The number of aromatic amines is 1. The number of aromatic carboxylic acids is 1. The number of hydrogen-bond donors (Lipinski definition) is 3. The molecule has 0 unspecified atom stereocenters. The molecule has 22 heavy (non-hydrogen) atoms. The number of carboxylic acid groups (broad SMARTS) is 1. The number of amides is 1. The van der Waals surface area contributed by atoms with Gasteiger partial charge in [-0.05, 0) is 37.1 Å². The molecule has 1 heterocycles. The van der Waals surface area contributed by atoms with Crippen LogP contribution in [0.5, 0.6) is 0 Å². The van der Waals surface area contributed by atoms with Gasteiger partial charge in [0.1, 0.15) is 0 Å². The Morgan fingerprint density at radius 3 is 2.86 bits per heavy atom. The first kappa shape index (κ1) is 16.0. The Labute approximate surface area is 128 Å². The molecule has 1 aromatic carbocycles. The van der Waals surface area contributed by atoms with Crippen LogP contribution in [0.25, 0.3) is 10.9 Å². The summed E-state index contributed by atoms with van der Waals surface area (Å²) in [6.07, 6.45) is 1.94. The molecule has 6 nitrogen and oxygen atoms in total. The normalized spacial score (nSPS) is 10.8. The van der Waals surface area contributed by atoms with Crippen LogP contribution < -0.4 is 5.32 Å². The highest BCUT2D eigenvalue weighted by molar-refractivity contribution is 5.93. The zero-order valence-corrected chi connectivity index (χ0v) is 12.5. The molecule has 1 amide bonds. The van der Waals surface area contributed by atoms with Crippen molar-refractivity contribution in [3.8, 4) is 0 Å². The van der Waals surface area contributed by atoms with Gasteiger partial charge in [-0.25, -0.2) is 4.79 Å². The zero-order valence-electron chi connectivity index (χ0n) is 12.5. The van der Waals surface area contributed by atoms with E-state index in [0.29, 0.717) is 19.6 Å². The minimum Gasteiger partial charge on any atom is -0.478 e. The number of fused-ring (bicyclic) bond motifs is 1. The second kappa shape index (κ2) is 7.61. The van der Waals surface area contributed by atoms with E-state index in [-0.39, 0.29) is 11.5 Å². The topological polar surface area (TPSA) is 91.4 Å². The molecule has 0 spiro atoms. The van der Waals surface area contributed by atoms with Crippen LogP contribution in [-0.2, 0) is 16.0 Å². The lowest BCUT2D eigenvalue weighted by molar-refractivity contribution is -0.121. The zero-order chi connectivity index (χ0) is 15.9. The van der Waals surface area contributed by atoms with E-state index < -0.39 is 5.97 Å². The minimum absolute atomic E-state index is 0.0151. The number of hydrogen-bond acceptors (Lipinski definition) is 3. The third-order valence-electron chi connectivity index (χ3n) is 3.40. The summed E-state index contributed by atoms with van der Waals surface area (Å²) in [5.41, 5.74) is 2.18. The third-order valence-corrected chi connectivity index (χ3v) is 3.40. The summed E-state index contributed by atoms with van der Waals surface area (Å²) < 4.78 is 4.86. The summed E-state index contributed by atoms with van der Waals surface area (Å²) in [6.45, 7) is 1.04. The van der Waals surface area contributed by atoms with Crippen molar-refractivity contribution < 1.29 is 19.4 Å². The second-order valence-corrected chi connectivity index (χ2v) is 5.10. The van der Waals surface area contributed by atoms with Gasteiger partial charge in [0.15, 0.2) is 0 Å². The van der Waals surface area contributed by atoms with E-state index in [2.05, 4.69) is 10.3 Å². The number of carbonyl (C=O) groups excluding carboxylic acids is 1. The monoisotopic (exact) mass is 304 g/mol. The molecular weight excluding hydrogens is 284 g/mol. The average molecular weight is 304 g/mol. The largest absolute Gasteiger partial charge is 0.478 e. The molecule has 0 aliphatic rings. The summed E-state index contributed by atoms with van der Waals surface area (Å²) in [5, 5.41) is 12.6. The van der Waals surface area contributed by atoms with E-state index in [0.717, 1.165) is 29.4 Å². The minimum atomic E-state index is -0.933. The molecule has 0 bridgehead atoms. The lowest BCUT2D eigenvalue weighted by Gasteiger charge is -2.03. The fourth-order valence-electron chi connectivity index (χ4n) is 2.28. The van der Waals surface area contributed by atoms with Crippen molar-refractivity contribution in [3.05, 3.63) is 35.5 Å². The molecule has 3 N–H and O–H groups in total. The van der Waals surface area contributed by atoms with Gasteiger partial charge < -0.3 is 20.1 Å². The van der Waals surface area contributed by atoms with Crippen molar-refractivity contribution in [1.82, 2.24) is 10.3 Å². The Morgan fingerprint density at radius 1 is 1.32 bits per heavy atom. The van der Waals surface area contributed by atoms with Crippen LogP contribution in [-0.4, -0.2) is 42.2 Å². The van der Waals surface area contributed by atoms with Crippen molar-refractivity contribution in [2.45, 2.75) is 19.3 Å². The highest BCUT2D eigenvalue weighted by Crippen LogP contribution is 2.18. The number of H-pyrrole nitrogens is 1. The van der Waals surface area contributed by atoms with Gasteiger partial charge in [0.05, 0.1) is 12.2 Å². The first-order valence-corrected chi connectivity index (χ1v) is 7.20. The number of ether oxygens (including phenoxy) is 1. The van der Waals surface area contributed by atoms with Gasteiger partial charge in [-0.3, -0.25) is 4.79 Å². The average Bonchev–Trinajstić information content (AvgIpc) is 2.89. The Bertz CT molecular complexity index is 663. The SMILES string of the molecule is COCCNC(=O)CCCc1cc2cc(C(=O)O)ccc2[nH]1. The lowest BCUT2D eigenvalue weighted by Crippen LogP contribution is -2.26. The van der Waals surface area contributed by atoms with Gasteiger partial charge >= 0.3 is 5.97 Å². The molecule has 0 saturated carbocycles. The van der Waals surface area contributed by atoms with E-state index in [9.17, 15) is 9.59 Å². The number of methoxy groups -OCH3 is 1. The maximum Gasteiger partial charge on any atom is 0.335 e. The molecule has 6 heteroatoms. The number of aryl methyl sites for hydroxylation is 1. The Kier molecular flexibility index (Phi) is 5.55. The maximum absolute atomic E-state index is 11.6. The van der Waals surface area contributed by atoms with Crippen LogP contribution in [0.15, 0.2) is 24.3 Å². The van der Waals surface area contributed by atoms with Gasteiger partial charge in [-0.1, -0.05) is 0 Å². The Balaban J connectivity index is 1.87. The molecule has 0 aliphatic carbocycles. The Hall–Kier alpha value is -2.34. The first-order chi connectivity index (χ1) is 10.6. The fraction of sp³-hybridized carbons (Fsp3) is 0.375. The van der Waals surface area contributed by atoms with Crippen molar-refractivity contribution in [2.75, 3.05) is 20.3 Å².